The van der Waals surface area contributed by atoms with E-state index in [2.05, 4.69) is 15.3 Å². The highest BCUT2D eigenvalue weighted by atomic mass is 16.5. The van der Waals surface area contributed by atoms with Crippen LogP contribution in [0.3, 0.4) is 0 Å². The molecule has 0 saturated heterocycles. The summed E-state index contributed by atoms with van der Waals surface area (Å²) in [5.41, 5.74) is 8.22. The summed E-state index contributed by atoms with van der Waals surface area (Å²) in [5, 5.41) is 3.14. The highest BCUT2D eigenvalue weighted by molar-refractivity contribution is 6.01. The molecule has 5 rings (SSSR count). The zero-order valence-corrected chi connectivity index (χ0v) is 17.1. The normalized spacial score (nSPS) is 17.2. The number of nitrogens with one attached hydrogen (secondary N) is 2. The van der Waals surface area contributed by atoms with Gasteiger partial charge in [-0.2, -0.15) is 4.98 Å². The lowest BCUT2D eigenvalue weighted by Gasteiger charge is -2.32. The fraction of sp³-hybridized carbons (Fsp3) is 0.167. The van der Waals surface area contributed by atoms with Crippen molar-refractivity contribution in [1.82, 2.24) is 9.97 Å². The van der Waals surface area contributed by atoms with Crippen LogP contribution in [0.2, 0.25) is 0 Å². The molecule has 0 amide bonds. The Kier molecular flexibility index (Phi) is 4.82. The first kappa shape index (κ1) is 19.7. The predicted octanol–water partition coefficient (Wildman–Crippen LogP) is 3.14. The second kappa shape index (κ2) is 7.81. The lowest BCUT2D eigenvalue weighted by Crippen LogP contribution is -2.32. The standard InChI is InChI=1S/C24H20N4O4/c25-24-27-21-20(22(30)28-24)18(19-16(26-21)7-4-8-17(19)29)13-9-11-15(12-10-13)32-23(31)14-5-2-1-3-6-14/h1-3,5-6,9-12,18H,4,7-8H2,(H4,25,26,27,28,30)/t18-/m0/s1. The molecule has 4 N–H and O–H groups in total. The van der Waals surface area contributed by atoms with Gasteiger partial charge in [-0.3, -0.25) is 14.6 Å². The van der Waals surface area contributed by atoms with E-state index in [0.717, 1.165) is 17.7 Å². The number of nitrogen functional groups attached to an aromatic ring is 1. The van der Waals surface area contributed by atoms with Crippen molar-refractivity contribution in [3.8, 4) is 5.75 Å². The molecular weight excluding hydrogens is 408 g/mol. The van der Waals surface area contributed by atoms with E-state index < -0.39 is 17.4 Å². The summed E-state index contributed by atoms with van der Waals surface area (Å²) < 4.78 is 5.45. The van der Waals surface area contributed by atoms with E-state index in [1.807, 2.05) is 6.07 Å². The van der Waals surface area contributed by atoms with Crippen molar-refractivity contribution in [2.45, 2.75) is 25.2 Å². The van der Waals surface area contributed by atoms with Gasteiger partial charge in [0, 0.05) is 23.6 Å². The second-order valence-electron chi connectivity index (χ2n) is 7.77. The van der Waals surface area contributed by atoms with E-state index in [1.54, 1.807) is 48.5 Å². The van der Waals surface area contributed by atoms with Gasteiger partial charge in [0.1, 0.15) is 11.6 Å². The van der Waals surface area contributed by atoms with Crippen LogP contribution in [0.1, 0.15) is 46.7 Å². The van der Waals surface area contributed by atoms with Crippen LogP contribution in [0, 0.1) is 0 Å². The average Bonchev–Trinajstić information content (AvgIpc) is 2.79. The number of aromatic nitrogens is 2. The topological polar surface area (TPSA) is 127 Å². The van der Waals surface area contributed by atoms with Crippen molar-refractivity contribution in [3.05, 3.63) is 92.9 Å². The van der Waals surface area contributed by atoms with Crippen LogP contribution in [0.4, 0.5) is 11.8 Å². The number of benzene rings is 2. The van der Waals surface area contributed by atoms with Gasteiger partial charge in [0.25, 0.3) is 5.56 Å². The number of nitrogens with two attached hydrogens (primary N) is 1. The van der Waals surface area contributed by atoms with E-state index in [4.69, 9.17) is 10.5 Å². The average molecular weight is 428 g/mol. The van der Waals surface area contributed by atoms with Crippen LogP contribution in [-0.2, 0) is 4.79 Å². The molecule has 1 aromatic heterocycles. The lowest BCUT2D eigenvalue weighted by molar-refractivity contribution is -0.116. The van der Waals surface area contributed by atoms with Crippen molar-refractivity contribution < 1.29 is 14.3 Å². The Hall–Kier alpha value is -4.20. The minimum Gasteiger partial charge on any atom is -0.423 e. The monoisotopic (exact) mass is 428 g/mol. The van der Waals surface area contributed by atoms with Crippen molar-refractivity contribution in [2.75, 3.05) is 11.1 Å². The van der Waals surface area contributed by atoms with E-state index in [9.17, 15) is 14.4 Å². The predicted molar refractivity (Wildman–Crippen MR) is 118 cm³/mol. The minimum absolute atomic E-state index is 0.00482. The summed E-state index contributed by atoms with van der Waals surface area (Å²) in [4.78, 5) is 44.8. The Morgan fingerprint density at radius 1 is 1.03 bits per heavy atom. The first-order valence-corrected chi connectivity index (χ1v) is 10.3. The fourth-order valence-electron chi connectivity index (χ4n) is 4.28. The van der Waals surface area contributed by atoms with Gasteiger partial charge in [-0.25, -0.2) is 4.79 Å². The number of esters is 1. The highest BCUT2D eigenvalue weighted by Gasteiger charge is 2.37. The number of ketones is 1. The van der Waals surface area contributed by atoms with Gasteiger partial charge in [-0.1, -0.05) is 30.3 Å². The van der Waals surface area contributed by atoms with Crippen LogP contribution < -0.4 is 21.3 Å². The largest absolute Gasteiger partial charge is 0.423 e. The summed E-state index contributed by atoms with van der Waals surface area (Å²) in [7, 11) is 0. The molecule has 0 saturated carbocycles. The number of H-pyrrole nitrogens is 1. The molecular formula is C24H20N4O4. The Bertz CT molecular complexity index is 1310. The number of anilines is 2. The number of hydrogen-bond donors (Lipinski definition) is 3. The number of carbonyl (C=O) groups is 2. The summed E-state index contributed by atoms with van der Waals surface area (Å²) >= 11 is 0. The maximum Gasteiger partial charge on any atom is 0.343 e. The summed E-state index contributed by atoms with van der Waals surface area (Å²) in [6.07, 6.45) is 1.86. The van der Waals surface area contributed by atoms with Gasteiger partial charge in [0.05, 0.1) is 11.1 Å². The molecule has 0 spiro atoms. The minimum atomic E-state index is -0.579. The van der Waals surface area contributed by atoms with Crippen LogP contribution in [-0.4, -0.2) is 21.7 Å². The van der Waals surface area contributed by atoms with Gasteiger partial charge in [0.15, 0.2) is 5.78 Å². The third kappa shape index (κ3) is 3.45. The molecule has 2 aromatic carbocycles. The van der Waals surface area contributed by atoms with E-state index in [0.29, 0.717) is 41.1 Å². The summed E-state index contributed by atoms with van der Waals surface area (Å²) in [6.45, 7) is 0. The smallest absolute Gasteiger partial charge is 0.343 e. The van der Waals surface area contributed by atoms with Gasteiger partial charge >= 0.3 is 5.97 Å². The number of carbonyl (C=O) groups excluding carboxylic acids is 2. The van der Waals surface area contributed by atoms with Crippen molar-refractivity contribution in [1.29, 1.82) is 0 Å². The molecule has 1 aliphatic carbocycles. The third-order valence-corrected chi connectivity index (χ3v) is 5.71. The molecule has 32 heavy (non-hydrogen) atoms. The maximum atomic E-state index is 12.8. The van der Waals surface area contributed by atoms with Crippen LogP contribution in [0.25, 0.3) is 0 Å². The number of Topliss-reactive ketones (excluding diaryl/α,β-unsaturated/α-hetero) is 1. The highest BCUT2D eigenvalue weighted by Crippen LogP contribution is 2.43. The molecule has 0 bridgehead atoms. The molecule has 0 unspecified atom stereocenters. The number of aromatic amines is 1. The molecule has 8 nitrogen and oxygen atoms in total. The van der Waals surface area contributed by atoms with Gasteiger partial charge in [-0.05, 0) is 42.7 Å². The maximum absolute atomic E-state index is 12.8. The molecule has 0 radical (unpaired) electrons. The first-order valence-electron chi connectivity index (χ1n) is 10.3. The quantitative estimate of drug-likeness (QED) is 0.432. The summed E-state index contributed by atoms with van der Waals surface area (Å²) in [5.74, 6) is -0.298. The molecule has 8 heteroatoms. The number of allylic oxidation sites excluding steroid dienone is 2. The molecule has 3 aromatic rings. The van der Waals surface area contributed by atoms with E-state index in [-0.39, 0.29) is 11.7 Å². The van der Waals surface area contributed by atoms with E-state index in [1.165, 1.54) is 0 Å². The molecule has 1 aliphatic heterocycles. The molecule has 2 aliphatic rings. The molecule has 1 atom stereocenters. The Morgan fingerprint density at radius 2 is 1.78 bits per heavy atom. The number of hydrogen-bond acceptors (Lipinski definition) is 7. The molecule has 2 heterocycles. The Morgan fingerprint density at radius 3 is 2.53 bits per heavy atom. The van der Waals surface area contributed by atoms with Crippen molar-refractivity contribution in [3.63, 3.8) is 0 Å². The Balaban J connectivity index is 1.53. The van der Waals surface area contributed by atoms with Crippen LogP contribution in [0.5, 0.6) is 5.75 Å². The van der Waals surface area contributed by atoms with Gasteiger partial charge in [-0.15, -0.1) is 0 Å². The third-order valence-electron chi connectivity index (χ3n) is 5.71. The van der Waals surface area contributed by atoms with Crippen molar-refractivity contribution in [2.24, 2.45) is 0 Å². The Labute approximate surface area is 183 Å². The molecule has 0 fully saturated rings. The van der Waals surface area contributed by atoms with Crippen molar-refractivity contribution >= 4 is 23.5 Å². The second-order valence-corrected chi connectivity index (χ2v) is 7.77. The first-order chi connectivity index (χ1) is 15.5. The number of nitrogens with zero attached hydrogens (tertiary/aromatic N) is 1. The molecule has 160 valence electrons. The van der Waals surface area contributed by atoms with E-state index >= 15 is 0 Å². The van der Waals surface area contributed by atoms with Crippen LogP contribution in [0.15, 0.2) is 70.7 Å². The number of fused-ring (bicyclic) bond motifs is 1. The SMILES string of the molecule is Nc1nc2c(c(=O)[nH]1)[C@@H](c1ccc(OC(=O)c3ccccc3)cc1)C1=C(CCCC1=O)N2. The van der Waals surface area contributed by atoms with Gasteiger partial charge < -0.3 is 15.8 Å². The number of ether oxygens (including phenoxy) is 1. The zero-order chi connectivity index (χ0) is 22.2. The fourth-order valence-corrected chi connectivity index (χ4v) is 4.28. The lowest BCUT2D eigenvalue weighted by atomic mass is 9.76. The van der Waals surface area contributed by atoms with Gasteiger partial charge in [0.2, 0.25) is 5.95 Å². The summed E-state index contributed by atoms with van der Waals surface area (Å²) in [6, 6.07) is 15.5. The zero-order valence-electron chi connectivity index (χ0n) is 17.1. The number of rotatable bonds is 3. The van der Waals surface area contributed by atoms with Crippen LogP contribution >= 0.6 is 0 Å².